The lowest BCUT2D eigenvalue weighted by Gasteiger charge is -2.35. The lowest BCUT2D eigenvalue weighted by atomic mass is 9.96. The van der Waals surface area contributed by atoms with Crippen molar-refractivity contribution in [1.29, 1.82) is 0 Å². The number of ether oxygens (including phenoxy) is 1. The van der Waals surface area contributed by atoms with Gasteiger partial charge in [-0.15, -0.1) is 0 Å². The molecule has 0 bridgehead atoms. The Morgan fingerprint density at radius 2 is 2.17 bits per heavy atom. The third-order valence-corrected chi connectivity index (χ3v) is 4.96. The number of carbonyl (C=O) groups excluding carboxylic acids is 1. The van der Waals surface area contributed by atoms with Crippen molar-refractivity contribution in [3.05, 3.63) is 24.4 Å². The average molecular weight is 317 g/mol. The van der Waals surface area contributed by atoms with E-state index in [2.05, 4.69) is 22.9 Å². The smallest absolute Gasteiger partial charge is 0.251 e. The maximum atomic E-state index is 12.5. The Balaban J connectivity index is 1.50. The van der Waals surface area contributed by atoms with Crippen LogP contribution in [0.15, 0.2) is 24.4 Å². The molecule has 23 heavy (non-hydrogen) atoms. The van der Waals surface area contributed by atoms with Gasteiger partial charge in [-0.2, -0.15) is 0 Å². The number of hydrogen-bond acceptors (Lipinski definition) is 4. The molecule has 3 rings (SSSR count). The molecule has 1 aromatic rings. The highest BCUT2D eigenvalue weighted by Gasteiger charge is 2.30. The first-order valence-electron chi connectivity index (χ1n) is 8.84. The Labute approximate surface area is 138 Å². The van der Waals surface area contributed by atoms with Crippen LogP contribution in [0, 0.1) is 5.92 Å². The third kappa shape index (κ3) is 4.02. The summed E-state index contributed by atoms with van der Waals surface area (Å²) in [5, 5.41) is 0. The van der Waals surface area contributed by atoms with Crippen LogP contribution in [-0.2, 0) is 9.53 Å². The highest BCUT2D eigenvalue weighted by atomic mass is 16.5. The van der Waals surface area contributed by atoms with Crippen LogP contribution in [0.1, 0.15) is 32.6 Å². The monoisotopic (exact) mass is 317 g/mol. The molecule has 126 valence electrons. The normalized spacial score (nSPS) is 22.3. The molecule has 0 aromatic carbocycles. The summed E-state index contributed by atoms with van der Waals surface area (Å²) in [5.41, 5.74) is 0. The lowest BCUT2D eigenvalue weighted by Crippen LogP contribution is -2.44. The van der Waals surface area contributed by atoms with Crippen LogP contribution in [0.3, 0.4) is 0 Å². The van der Waals surface area contributed by atoms with E-state index in [1.807, 2.05) is 23.2 Å². The van der Waals surface area contributed by atoms with E-state index in [1.165, 1.54) is 0 Å². The summed E-state index contributed by atoms with van der Waals surface area (Å²) in [4.78, 5) is 21.3. The number of amides is 1. The summed E-state index contributed by atoms with van der Waals surface area (Å²) in [6.45, 7) is 6.48. The minimum absolute atomic E-state index is 0.191. The first-order chi connectivity index (χ1) is 11.3. The molecule has 2 saturated heterocycles. The van der Waals surface area contributed by atoms with Gasteiger partial charge in [-0.1, -0.05) is 6.07 Å². The molecule has 2 fully saturated rings. The van der Waals surface area contributed by atoms with E-state index < -0.39 is 0 Å². The molecule has 1 amide bonds. The fourth-order valence-corrected chi connectivity index (χ4v) is 3.55. The zero-order valence-electron chi connectivity index (χ0n) is 14.0. The molecule has 1 unspecified atom stereocenters. The van der Waals surface area contributed by atoms with Crippen LogP contribution in [0.4, 0.5) is 5.82 Å². The predicted octanol–water partition coefficient (Wildman–Crippen LogP) is 2.33. The Morgan fingerprint density at radius 3 is 2.78 bits per heavy atom. The van der Waals surface area contributed by atoms with Gasteiger partial charge >= 0.3 is 0 Å². The van der Waals surface area contributed by atoms with Crippen LogP contribution in [0.5, 0.6) is 0 Å². The molecule has 2 aliphatic heterocycles. The number of likely N-dealkylation sites (N-methyl/N-ethyl adjacent to an activating group) is 1. The average Bonchev–Trinajstić information content (AvgIpc) is 3.15. The number of carbonyl (C=O) groups is 1. The molecule has 0 saturated carbocycles. The third-order valence-electron chi connectivity index (χ3n) is 4.96. The molecular formula is C18H27N3O2. The Kier molecular flexibility index (Phi) is 5.49. The van der Waals surface area contributed by atoms with Gasteiger partial charge in [-0.05, 0) is 50.7 Å². The van der Waals surface area contributed by atoms with Gasteiger partial charge in [-0.3, -0.25) is 4.79 Å². The zero-order chi connectivity index (χ0) is 16.1. The van der Waals surface area contributed by atoms with Crippen molar-refractivity contribution in [2.24, 2.45) is 5.92 Å². The summed E-state index contributed by atoms with van der Waals surface area (Å²) >= 11 is 0. The molecule has 2 aliphatic rings. The van der Waals surface area contributed by atoms with E-state index in [1.54, 1.807) is 0 Å². The number of aromatic nitrogens is 1. The molecule has 1 aromatic heterocycles. The molecule has 0 radical (unpaired) electrons. The van der Waals surface area contributed by atoms with Crippen LogP contribution >= 0.6 is 0 Å². The van der Waals surface area contributed by atoms with Gasteiger partial charge in [0.2, 0.25) is 0 Å². The predicted molar refractivity (Wildman–Crippen MR) is 90.4 cm³/mol. The Hall–Kier alpha value is -1.62. The number of rotatable bonds is 5. The maximum Gasteiger partial charge on any atom is 0.251 e. The lowest BCUT2D eigenvalue weighted by molar-refractivity contribution is -0.141. The molecular weight excluding hydrogens is 290 g/mol. The summed E-state index contributed by atoms with van der Waals surface area (Å²) in [5.74, 6) is 1.84. The fourth-order valence-electron chi connectivity index (χ4n) is 3.55. The minimum atomic E-state index is -0.191. The molecule has 0 aliphatic carbocycles. The molecule has 0 spiro atoms. The van der Waals surface area contributed by atoms with Gasteiger partial charge in [0.1, 0.15) is 11.9 Å². The van der Waals surface area contributed by atoms with E-state index >= 15 is 0 Å². The van der Waals surface area contributed by atoms with E-state index in [9.17, 15) is 4.79 Å². The Morgan fingerprint density at radius 1 is 1.35 bits per heavy atom. The van der Waals surface area contributed by atoms with Crippen molar-refractivity contribution in [3.8, 4) is 0 Å². The van der Waals surface area contributed by atoms with Gasteiger partial charge in [0.15, 0.2) is 0 Å². The highest BCUT2D eigenvalue weighted by Crippen LogP contribution is 2.23. The second-order valence-electron chi connectivity index (χ2n) is 6.50. The summed E-state index contributed by atoms with van der Waals surface area (Å²) in [7, 11) is 0. The van der Waals surface area contributed by atoms with Crippen molar-refractivity contribution in [2.45, 2.75) is 38.7 Å². The van der Waals surface area contributed by atoms with Crippen molar-refractivity contribution in [1.82, 2.24) is 9.88 Å². The van der Waals surface area contributed by atoms with Crippen molar-refractivity contribution in [2.75, 3.05) is 37.7 Å². The van der Waals surface area contributed by atoms with Crippen molar-refractivity contribution >= 4 is 11.7 Å². The fraction of sp³-hybridized carbons (Fsp3) is 0.667. The van der Waals surface area contributed by atoms with Crippen LogP contribution < -0.4 is 4.90 Å². The molecule has 1 atom stereocenters. The molecule has 5 nitrogen and oxygen atoms in total. The van der Waals surface area contributed by atoms with Crippen molar-refractivity contribution in [3.63, 3.8) is 0 Å². The van der Waals surface area contributed by atoms with Gasteiger partial charge in [0.05, 0.1) is 0 Å². The minimum Gasteiger partial charge on any atom is -0.368 e. The molecule has 0 N–H and O–H groups in total. The van der Waals surface area contributed by atoms with E-state index in [4.69, 9.17) is 4.74 Å². The van der Waals surface area contributed by atoms with Crippen LogP contribution in [0.25, 0.3) is 0 Å². The molecule has 5 heteroatoms. The SMILES string of the molecule is CCN(CC1CCN(c2ccccn2)CC1)C(=O)C1CCCO1. The summed E-state index contributed by atoms with van der Waals surface area (Å²) < 4.78 is 5.55. The number of hydrogen-bond donors (Lipinski definition) is 0. The van der Waals surface area contributed by atoms with Crippen molar-refractivity contribution < 1.29 is 9.53 Å². The molecule has 3 heterocycles. The topological polar surface area (TPSA) is 45.7 Å². The first-order valence-corrected chi connectivity index (χ1v) is 8.84. The summed E-state index contributed by atoms with van der Waals surface area (Å²) in [6.07, 6.45) is 5.78. The van der Waals surface area contributed by atoms with E-state index in [0.29, 0.717) is 5.92 Å². The standard InChI is InChI=1S/C18H27N3O2/c1-2-20(18(22)16-6-5-13-23-16)14-15-8-11-21(12-9-15)17-7-3-4-10-19-17/h3-4,7,10,15-16H,2,5-6,8-9,11-14H2,1H3. The zero-order valence-corrected chi connectivity index (χ0v) is 14.0. The largest absolute Gasteiger partial charge is 0.368 e. The maximum absolute atomic E-state index is 12.5. The second-order valence-corrected chi connectivity index (χ2v) is 6.50. The van der Waals surface area contributed by atoms with Gasteiger partial charge in [0, 0.05) is 39.0 Å². The number of nitrogens with zero attached hydrogens (tertiary/aromatic N) is 3. The van der Waals surface area contributed by atoms with Crippen LogP contribution in [0.2, 0.25) is 0 Å². The summed E-state index contributed by atoms with van der Waals surface area (Å²) in [6, 6.07) is 6.05. The van der Waals surface area contributed by atoms with Gasteiger partial charge in [-0.25, -0.2) is 4.98 Å². The van der Waals surface area contributed by atoms with Crippen LogP contribution in [-0.4, -0.2) is 54.7 Å². The number of pyridine rings is 1. The van der Waals surface area contributed by atoms with Gasteiger partial charge in [0.25, 0.3) is 5.91 Å². The van der Waals surface area contributed by atoms with E-state index in [0.717, 1.165) is 64.3 Å². The number of piperidine rings is 1. The Bertz CT molecular complexity index is 494. The highest BCUT2D eigenvalue weighted by molar-refractivity contribution is 5.81. The van der Waals surface area contributed by atoms with E-state index in [-0.39, 0.29) is 12.0 Å². The first kappa shape index (κ1) is 16.2. The van der Waals surface area contributed by atoms with Gasteiger partial charge < -0.3 is 14.5 Å². The second kappa shape index (κ2) is 7.77. The number of anilines is 1. The quantitative estimate of drug-likeness (QED) is 0.836.